The van der Waals surface area contributed by atoms with E-state index in [0.717, 1.165) is 27.8 Å². The Bertz CT molecular complexity index is 1180. The van der Waals surface area contributed by atoms with Crippen LogP contribution in [0.1, 0.15) is 62.0 Å². The molecule has 2 aromatic rings. The molecule has 1 unspecified atom stereocenters. The van der Waals surface area contributed by atoms with E-state index in [-0.39, 0.29) is 43.3 Å². The molecule has 36 heavy (non-hydrogen) atoms. The smallest absolute Gasteiger partial charge is 0.334 e. The number of carboxylic acid groups (broad SMARTS) is 1. The van der Waals surface area contributed by atoms with Gasteiger partial charge in [-0.3, -0.25) is 4.79 Å². The molecule has 6 heteroatoms. The molecule has 0 spiro atoms. The molecule has 0 heterocycles. The maximum Gasteiger partial charge on any atom is 0.334 e. The molecule has 3 aliphatic rings. The number of esters is 1. The van der Waals surface area contributed by atoms with Gasteiger partial charge >= 0.3 is 11.9 Å². The minimum absolute atomic E-state index is 0.0528. The largest absolute Gasteiger partial charge is 0.481 e. The van der Waals surface area contributed by atoms with Gasteiger partial charge in [-0.05, 0) is 60.3 Å². The number of hydrogen-bond donors (Lipinski definition) is 1. The van der Waals surface area contributed by atoms with E-state index in [9.17, 15) is 23.5 Å². The summed E-state index contributed by atoms with van der Waals surface area (Å²) in [5.74, 6) is -5.39. The van der Waals surface area contributed by atoms with E-state index in [1.807, 2.05) is 42.5 Å². The van der Waals surface area contributed by atoms with Crippen LogP contribution in [-0.4, -0.2) is 29.6 Å². The Balaban J connectivity index is 1.30. The molecule has 0 fully saturated rings. The summed E-state index contributed by atoms with van der Waals surface area (Å²) >= 11 is 0. The zero-order valence-electron chi connectivity index (χ0n) is 20.1. The van der Waals surface area contributed by atoms with Crippen LogP contribution in [0.15, 0.2) is 71.8 Å². The number of ether oxygens (including phenoxy) is 1. The van der Waals surface area contributed by atoms with Gasteiger partial charge in [0.2, 0.25) is 5.92 Å². The van der Waals surface area contributed by atoms with Crippen molar-refractivity contribution in [1.29, 1.82) is 0 Å². The monoisotopic (exact) mass is 492 g/mol. The van der Waals surface area contributed by atoms with E-state index >= 15 is 0 Å². The number of alkyl halides is 2. The summed E-state index contributed by atoms with van der Waals surface area (Å²) in [6.45, 7) is 0.138. The molecule has 0 saturated carbocycles. The Kier molecular flexibility index (Phi) is 6.78. The maximum absolute atomic E-state index is 13.7. The third-order valence-electron chi connectivity index (χ3n) is 7.84. The second-order valence-corrected chi connectivity index (χ2v) is 10.1. The van der Waals surface area contributed by atoms with Crippen LogP contribution in [0, 0.1) is 11.8 Å². The van der Waals surface area contributed by atoms with E-state index in [4.69, 9.17) is 4.74 Å². The number of halogens is 2. The molecule has 0 saturated heterocycles. The second kappa shape index (κ2) is 10.00. The minimum atomic E-state index is -2.63. The predicted molar refractivity (Wildman–Crippen MR) is 133 cm³/mol. The molecule has 0 radical (unpaired) electrons. The predicted octanol–water partition coefficient (Wildman–Crippen LogP) is 6.91. The maximum atomic E-state index is 13.7. The van der Waals surface area contributed by atoms with Gasteiger partial charge in [-0.2, -0.15) is 0 Å². The number of fused-ring (bicyclic) bond motifs is 3. The van der Waals surface area contributed by atoms with Gasteiger partial charge in [0.05, 0.1) is 5.92 Å². The van der Waals surface area contributed by atoms with Crippen LogP contribution in [0.2, 0.25) is 0 Å². The van der Waals surface area contributed by atoms with Crippen molar-refractivity contribution in [2.24, 2.45) is 11.8 Å². The lowest BCUT2D eigenvalue weighted by Crippen LogP contribution is -2.30. The van der Waals surface area contributed by atoms with Crippen LogP contribution in [0.4, 0.5) is 8.78 Å². The highest BCUT2D eigenvalue weighted by atomic mass is 19.3. The van der Waals surface area contributed by atoms with Crippen molar-refractivity contribution in [1.82, 2.24) is 0 Å². The van der Waals surface area contributed by atoms with Crippen LogP contribution in [-0.2, 0) is 14.3 Å². The average Bonchev–Trinajstić information content (AvgIpc) is 3.18. The average molecular weight is 493 g/mol. The quantitative estimate of drug-likeness (QED) is 0.364. The standard InChI is InChI=1S/C30H30F2O4/c31-30(32)15-5-7-19(8-6-16-30)20-13-14-25(26(17-20)28(33)34)29(35)36-18-27-23-11-3-1-9-21(23)22-10-2-4-12-24(22)27/h1-4,7,9-12,14,20,26-27H,5-6,8,13,15-18H2,(H,33,34)/b19-7-/t20-,26?/m1/s1. The van der Waals surface area contributed by atoms with Crippen LogP contribution in [0.5, 0.6) is 0 Å². The van der Waals surface area contributed by atoms with Gasteiger partial charge in [0.1, 0.15) is 6.61 Å². The Morgan fingerprint density at radius 1 is 0.972 bits per heavy atom. The summed E-state index contributed by atoms with van der Waals surface area (Å²) in [5.41, 5.74) is 5.68. The van der Waals surface area contributed by atoms with Gasteiger partial charge in [-0.15, -0.1) is 0 Å². The lowest BCUT2D eigenvalue weighted by molar-refractivity contribution is -0.147. The van der Waals surface area contributed by atoms with Crippen molar-refractivity contribution < 1.29 is 28.2 Å². The van der Waals surface area contributed by atoms with Crippen LogP contribution >= 0.6 is 0 Å². The highest BCUT2D eigenvalue weighted by molar-refractivity contribution is 5.95. The van der Waals surface area contributed by atoms with Gasteiger partial charge in [0.15, 0.2) is 0 Å². The molecule has 1 N–H and O–H groups in total. The van der Waals surface area contributed by atoms with E-state index < -0.39 is 23.8 Å². The third kappa shape index (κ3) is 4.86. The fourth-order valence-electron chi connectivity index (χ4n) is 5.98. The molecule has 0 bridgehead atoms. The molecule has 3 aliphatic carbocycles. The van der Waals surface area contributed by atoms with Gasteiger partial charge < -0.3 is 9.84 Å². The zero-order chi connectivity index (χ0) is 25.3. The highest BCUT2D eigenvalue weighted by Crippen LogP contribution is 2.45. The summed E-state index contributed by atoms with van der Waals surface area (Å²) < 4.78 is 33.1. The van der Waals surface area contributed by atoms with Gasteiger partial charge in [-0.25, -0.2) is 13.6 Å². The number of carbonyl (C=O) groups is 2. The number of benzene rings is 2. The molecule has 4 nitrogen and oxygen atoms in total. The van der Waals surface area contributed by atoms with E-state index in [1.54, 1.807) is 6.08 Å². The summed E-state index contributed by atoms with van der Waals surface area (Å²) in [6, 6.07) is 16.1. The first-order valence-corrected chi connectivity index (χ1v) is 12.7. The van der Waals surface area contributed by atoms with Gasteiger partial charge in [0, 0.05) is 24.3 Å². The van der Waals surface area contributed by atoms with E-state index in [0.29, 0.717) is 25.7 Å². The molecule has 5 rings (SSSR count). The molecule has 0 aromatic heterocycles. The van der Waals surface area contributed by atoms with Crippen molar-refractivity contribution in [2.45, 2.75) is 56.8 Å². The number of aliphatic carboxylic acids is 1. The SMILES string of the molecule is O=C(OCC1c2ccccc2-c2ccccc21)C1=CC[C@@H](/C2=C\CCC(F)(F)CCC2)CC1C(=O)O. The summed E-state index contributed by atoms with van der Waals surface area (Å²) in [6.07, 6.45) is 5.27. The molecule has 0 amide bonds. The molecule has 2 aromatic carbocycles. The van der Waals surface area contributed by atoms with Gasteiger partial charge in [-0.1, -0.05) is 66.3 Å². The topological polar surface area (TPSA) is 63.6 Å². The minimum Gasteiger partial charge on any atom is -0.481 e. The molecule has 188 valence electrons. The Hall–Kier alpha value is -3.28. The highest BCUT2D eigenvalue weighted by Gasteiger charge is 2.37. The third-order valence-corrected chi connectivity index (χ3v) is 7.84. The zero-order valence-corrected chi connectivity index (χ0v) is 20.1. The Morgan fingerprint density at radius 2 is 1.64 bits per heavy atom. The van der Waals surface area contributed by atoms with Crippen molar-refractivity contribution in [2.75, 3.05) is 6.61 Å². The van der Waals surface area contributed by atoms with Crippen molar-refractivity contribution in [3.8, 4) is 11.1 Å². The van der Waals surface area contributed by atoms with E-state index in [2.05, 4.69) is 12.1 Å². The van der Waals surface area contributed by atoms with Gasteiger partial charge in [0.25, 0.3) is 0 Å². The van der Waals surface area contributed by atoms with Crippen molar-refractivity contribution in [3.05, 3.63) is 83.0 Å². The number of carbonyl (C=O) groups excluding carboxylic acids is 1. The molecule has 0 aliphatic heterocycles. The second-order valence-electron chi connectivity index (χ2n) is 10.1. The Morgan fingerprint density at radius 3 is 2.31 bits per heavy atom. The number of hydrogen-bond acceptors (Lipinski definition) is 3. The van der Waals surface area contributed by atoms with Crippen LogP contribution in [0.25, 0.3) is 11.1 Å². The first kappa shape index (κ1) is 24.4. The Labute approximate surface area is 209 Å². The van der Waals surface area contributed by atoms with Crippen molar-refractivity contribution >= 4 is 11.9 Å². The first-order chi connectivity index (χ1) is 17.3. The van der Waals surface area contributed by atoms with Crippen LogP contribution < -0.4 is 0 Å². The first-order valence-electron chi connectivity index (χ1n) is 12.7. The van der Waals surface area contributed by atoms with Crippen LogP contribution in [0.3, 0.4) is 0 Å². The van der Waals surface area contributed by atoms with Crippen molar-refractivity contribution in [3.63, 3.8) is 0 Å². The lowest BCUT2D eigenvalue weighted by atomic mass is 9.75. The normalized spacial score (nSPS) is 24.8. The summed E-state index contributed by atoms with van der Waals surface area (Å²) in [7, 11) is 0. The lowest BCUT2D eigenvalue weighted by Gasteiger charge is -2.30. The summed E-state index contributed by atoms with van der Waals surface area (Å²) in [4.78, 5) is 25.2. The molecule has 2 atom stereocenters. The number of rotatable bonds is 5. The number of carboxylic acids is 1. The number of allylic oxidation sites excluding steroid dienone is 3. The molecular formula is C30H30F2O4. The summed E-state index contributed by atoms with van der Waals surface area (Å²) in [5, 5.41) is 9.92. The molecular weight excluding hydrogens is 462 g/mol. The fourth-order valence-corrected chi connectivity index (χ4v) is 5.98. The fraction of sp³-hybridized carbons (Fsp3) is 0.400. The van der Waals surface area contributed by atoms with E-state index in [1.165, 1.54) is 0 Å².